The summed E-state index contributed by atoms with van der Waals surface area (Å²) < 4.78 is 25.6. The number of nitrogens with two attached hydrogens (primary N) is 1. The molecule has 32 heavy (non-hydrogen) atoms. The molecule has 0 fully saturated rings. The second-order valence-electron chi connectivity index (χ2n) is 8.32. The Hall–Kier alpha value is -3.29. The van der Waals surface area contributed by atoms with Crippen LogP contribution in [-0.4, -0.2) is 35.5 Å². The number of hydrogen-bond donors (Lipinski definition) is 1. The average molecular weight is 445 g/mol. The predicted octanol–water partition coefficient (Wildman–Crippen LogP) is 4.17. The Labute approximate surface area is 187 Å². The third-order valence-electron chi connectivity index (χ3n) is 6.12. The van der Waals surface area contributed by atoms with Crippen molar-refractivity contribution in [2.75, 3.05) is 18.5 Å². The molecule has 6 nitrogen and oxygen atoms in total. The van der Waals surface area contributed by atoms with E-state index in [4.69, 9.17) is 5.73 Å². The van der Waals surface area contributed by atoms with Crippen LogP contribution in [0.2, 0.25) is 0 Å². The number of pyridine rings is 2. The number of benzene rings is 2. The first-order chi connectivity index (χ1) is 15.3. The van der Waals surface area contributed by atoms with E-state index >= 15 is 0 Å². The molecule has 0 radical (unpaired) electrons. The summed E-state index contributed by atoms with van der Waals surface area (Å²) in [5.74, 6) is 0.469. The average Bonchev–Trinajstić information content (AvgIpc) is 2.78. The first-order valence-electron chi connectivity index (χ1n) is 10.5. The van der Waals surface area contributed by atoms with E-state index in [0.29, 0.717) is 25.3 Å². The summed E-state index contributed by atoms with van der Waals surface area (Å²) in [6, 6.07) is 18.4. The first kappa shape index (κ1) is 20.6. The van der Waals surface area contributed by atoms with Crippen LogP contribution in [0.1, 0.15) is 16.7 Å². The maximum absolute atomic E-state index is 12.0. The molecule has 4 aromatic rings. The molecule has 2 aromatic heterocycles. The number of rotatable bonds is 3. The minimum Gasteiger partial charge on any atom is -0.383 e. The maximum Gasteiger partial charge on any atom is 0.211 e. The van der Waals surface area contributed by atoms with Gasteiger partial charge < -0.3 is 5.73 Å². The molecule has 0 saturated carbocycles. The number of anilines is 1. The predicted molar refractivity (Wildman–Crippen MR) is 129 cm³/mol. The molecule has 5 rings (SSSR count). The van der Waals surface area contributed by atoms with E-state index < -0.39 is 10.0 Å². The maximum atomic E-state index is 12.0. The van der Waals surface area contributed by atoms with Crippen molar-refractivity contribution < 1.29 is 8.42 Å². The van der Waals surface area contributed by atoms with E-state index in [1.807, 2.05) is 30.5 Å². The number of aryl methyl sites for hydroxylation is 1. The van der Waals surface area contributed by atoms with Crippen molar-refractivity contribution in [2.45, 2.75) is 19.9 Å². The summed E-state index contributed by atoms with van der Waals surface area (Å²) in [5.41, 5.74) is 12.8. The lowest BCUT2D eigenvalue weighted by Crippen LogP contribution is -2.35. The van der Waals surface area contributed by atoms with Gasteiger partial charge in [0.15, 0.2) is 0 Å². The van der Waals surface area contributed by atoms with E-state index in [2.05, 4.69) is 47.2 Å². The van der Waals surface area contributed by atoms with Crippen molar-refractivity contribution in [2.24, 2.45) is 0 Å². The molecular weight excluding hydrogens is 420 g/mol. The number of sulfonamides is 1. The number of aromatic nitrogens is 2. The van der Waals surface area contributed by atoms with Crippen LogP contribution in [0.3, 0.4) is 0 Å². The van der Waals surface area contributed by atoms with Crippen LogP contribution in [0.15, 0.2) is 60.8 Å². The third-order valence-corrected chi connectivity index (χ3v) is 7.37. The van der Waals surface area contributed by atoms with Gasteiger partial charge in [0, 0.05) is 41.4 Å². The highest BCUT2D eigenvalue weighted by atomic mass is 32.2. The Morgan fingerprint density at radius 3 is 2.56 bits per heavy atom. The molecular formula is C25H24N4O2S. The lowest BCUT2D eigenvalue weighted by molar-refractivity contribution is 0.395. The minimum atomic E-state index is -3.26. The number of hydrogen-bond acceptors (Lipinski definition) is 5. The SMILES string of the molecule is Cc1ccc(-c2cc3c(c(N)n2)CCN(S(C)(=O)=O)C3)cc1-c1cc2ccccc2cn1. The van der Waals surface area contributed by atoms with Crippen LogP contribution in [0, 0.1) is 6.92 Å². The van der Waals surface area contributed by atoms with E-state index in [9.17, 15) is 8.42 Å². The minimum absolute atomic E-state index is 0.318. The zero-order valence-electron chi connectivity index (χ0n) is 18.0. The molecule has 3 heterocycles. The molecule has 0 saturated heterocycles. The van der Waals surface area contributed by atoms with Gasteiger partial charge in [0.25, 0.3) is 0 Å². The summed E-state index contributed by atoms with van der Waals surface area (Å²) in [5, 5.41) is 2.24. The van der Waals surface area contributed by atoms with Crippen molar-refractivity contribution in [3.05, 3.63) is 77.5 Å². The Morgan fingerprint density at radius 1 is 1.00 bits per heavy atom. The Kier molecular flexibility index (Phi) is 4.95. The molecule has 0 atom stereocenters. The highest BCUT2D eigenvalue weighted by molar-refractivity contribution is 7.88. The molecule has 0 spiro atoms. The molecule has 2 aromatic carbocycles. The van der Waals surface area contributed by atoms with Gasteiger partial charge in [-0.05, 0) is 48.1 Å². The summed E-state index contributed by atoms with van der Waals surface area (Å²) in [7, 11) is -3.26. The molecule has 7 heteroatoms. The summed E-state index contributed by atoms with van der Waals surface area (Å²) in [4.78, 5) is 9.33. The second kappa shape index (κ2) is 7.69. The van der Waals surface area contributed by atoms with E-state index in [1.165, 1.54) is 10.6 Å². The van der Waals surface area contributed by atoms with Gasteiger partial charge in [-0.1, -0.05) is 36.4 Å². The van der Waals surface area contributed by atoms with Gasteiger partial charge >= 0.3 is 0 Å². The van der Waals surface area contributed by atoms with Crippen molar-refractivity contribution in [3.8, 4) is 22.5 Å². The molecule has 1 aliphatic rings. The quantitative estimate of drug-likeness (QED) is 0.512. The van der Waals surface area contributed by atoms with Crippen molar-refractivity contribution >= 4 is 26.6 Å². The highest BCUT2D eigenvalue weighted by Gasteiger charge is 2.25. The Balaban J connectivity index is 1.58. The van der Waals surface area contributed by atoms with Crippen LogP contribution >= 0.6 is 0 Å². The van der Waals surface area contributed by atoms with Crippen LogP contribution < -0.4 is 5.73 Å². The van der Waals surface area contributed by atoms with Crippen LogP contribution in [-0.2, 0) is 23.0 Å². The Bertz CT molecular complexity index is 1460. The van der Waals surface area contributed by atoms with E-state index in [0.717, 1.165) is 50.0 Å². The fraction of sp³-hybridized carbons (Fsp3) is 0.200. The topological polar surface area (TPSA) is 89.2 Å². The van der Waals surface area contributed by atoms with Gasteiger partial charge in [0.2, 0.25) is 10.0 Å². The van der Waals surface area contributed by atoms with Gasteiger partial charge in [-0.25, -0.2) is 13.4 Å². The molecule has 0 unspecified atom stereocenters. The molecule has 0 bridgehead atoms. The summed E-state index contributed by atoms with van der Waals surface area (Å²) >= 11 is 0. The zero-order valence-corrected chi connectivity index (χ0v) is 18.9. The normalized spacial score (nSPS) is 14.4. The highest BCUT2D eigenvalue weighted by Crippen LogP contribution is 2.32. The zero-order chi connectivity index (χ0) is 22.5. The van der Waals surface area contributed by atoms with Crippen molar-refractivity contribution in [1.29, 1.82) is 0 Å². The Morgan fingerprint density at radius 2 is 1.78 bits per heavy atom. The number of fused-ring (bicyclic) bond motifs is 2. The summed E-state index contributed by atoms with van der Waals surface area (Å²) in [6.45, 7) is 2.81. The smallest absolute Gasteiger partial charge is 0.211 e. The standard InChI is InChI=1S/C25H24N4O2S/c1-16-7-8-18(11-22(16)24-12-17-5-3-4-6-19(17)14-27-24)23-13-20-15-29(32(2,30)31)10-9-21(20)25(26)28-23/h3-8,11-14H,9-10,15H2,1-2H3,(H2,26,28). The van der Waals surface area contributed by atoms with E-state index in [1.54, 1.807) is 0 Å². The molecule has 0 aliphatic carbocycles. The largest absolute Gasteiger partial charge is 0.383 e. The number of nitrogens with zero attached hydrogens (tertiary/aromatic N) is 3. The van der Waals surface area contributed by atoms with Gasteiger partial charge in [-0.2, -0.15) is 4.31 Å². The molecule has 162 valence electrons. The molecule has 2 N–H and O–H groups in total. The van der Waals surface area contributed by atoms with Gasteiger partial charge in [-0.3, -0.25) is 4.98 Å². The summed E-state index contributed by atoms with van der Waals surface area (Å²) in [6.07, 6.45) is 3.71. The van der Waals surface area contributed by atoms with Crippen LogP contribution in [0.5, 0.6) is 0 Å². The second-order valence-corrected chi connectivity index (χ2v) is 10.3. The number of nitrogen functional groups attached to an aromatic ring is 1. The van der Waals surface area contributed by atoms with Crippen molar-refractivity contribution in [1.82, 2.24) is 14.3 Å². The van der Waals surface area contributed by atoms with Gasteiger partial charge in [-0.15, -0.1) is 0 Å². The third kappa shape index (κ3) is 3.74. The van der Waals surface area contributed by atoms with Crippen molar-refractivity contribution in [3.63, 3.8) is 0 Å². The van der Waals surface area contributed by atoms with Crippen LogP contribution in [0.25, 0.3) is 33.3 Å². The van der Waals surface area contributed by atoms with Crippen LogP contribution in [0.4, 0.5) is 5.82 Å². The van der Waals surface area contributed by atoms with E-state index in [-0.39, 0.29) is 0 Å². The lowest BCUT2D eigenvalue weighted by Gasteiger charge is -2.27. The molecule has 1 aliphatic heterocycles. The monoisotopic (exact) mass is 444 g/mol. The fourth-order valence-electron chi connectivity index (χ4n) is 4.30. The van der Waals surface area contributed by atoms with Gasteiger partial charge in [0.1, 0.15) is 5.82 Å². The lowest BCUT2D eigenvalue weighted by atomic mass is 9.96. The fourth-order valence-corrected chi connectivity index (χ4v) is 5.10. The van der Waals surface area contributed by atoms with Gasteiger partial charge in [0.05, 0.1) is 17.6 Å². The molecule has 0 amide bonds. The first-order valence-corrected chi connectivity index (χ1v) is 12.3.